The third-order valence-electron chi connectivity index (χ3n) is 3.87. The van der Waals surface area contributed by atoms with Crippen molar-refractivity contribution in [3.63, 3.8) is 0 Å². The molecule has 0 radical (unpaired) electrons. The van der Waals surface area contributed by atoms with Crippen LogP contribution in [0.25, 0.3) is 0 Å². The zero-order valence-electron chi connectivity index (χ0n) is 14.6. The number of ether oxygens (including phenoxy) is 1. The number of nitrogens with one attached hydrogen (secondary N) is 1. The summed E-state index contributed by atoms with van der Waals surface area (Å²) >= 11 is 6.04. The fraction of sp³-hybridized carbons (Fsp3) is 0.0909. The lowest BCUT2D eigenvalue weighted by molar-refractivity contribution is -0.123. The lowest BCUT2D eigenvalue weighted by atomic mass is 10.0. The van der Waals surface area contributed by atoms with E-state index >= 15 is 0 Å². The van der Waals surface area contributed by atoms with E-state index in [2.05, 4.69) is 22.7 Å². The molecule has 0 aromatic heterocycles. The molecular weight excluding hydrogens is 360 g/mol. The Balaban J connectivity index is 1.55. The lowest BCUT2D eigenvalue weighted by Crippen LogP contribution is -2.24. The van der Waals surface area contributed by atoms with Crippen LogP contribution in [0, 0.1) is 0 Å². The number of para-hydroxylation sites is 1. The maximum atomic E-state index is 12.0. The molecule has 0 atom stereocenters. The Bertz CT molecular complexity index is 926. The lowest BCUT2D eigenvalue weighted by Gasteiger charge is -2.11. The van der Waals surface area contributed by atoms with Crippen molar-refractivity contribution < 1.29 is 9.53 Å². The second-order valence-electron chi connectivity index (χ2n) is 5.87. The first kappa shape index (κ1) is 18.7. The summed E-state index contributed by atoms with van der Waals surface area (Å²) in [4.78, 5) is 12.0. The Morgan fingerprint density at radius 3 is 2.48 bits per heavy atom. The van der Waals surface area contributed by atoms with Gasteiger partial charge in [-0.25, -0.2) is 5.43 Å². The van der Waals surface area contributed by atoms with E-state index in [-0.39, 0.29) is 12.5 Å². The number of rotatable bonds is 7. The topological polar surface area (TPSA) is 50.7 Å². The third kappa shape index (κ3) is 5.69. The van der Waals surface area contributed by atoms with Gasteiger partial charge in [0.2, 0.25) is 0 Å². The highest BCUT2D eigenvalue weighted by Gasteiger charge is 2.07. The molecular formula is C22H19ClN2O2. The summed E-state index contributed by atoms with van der Waals surface area (Å²) in [5.41, 5.74) is 5.38. The van der Waals surface area contributed by atoms with Gasteiger partial charge in [-0.3, -0.25) is 4.79 Å². The van der Waals surface area contributed by atoms with Gasteiger partial charge in [-0.1, -0.05) is 78.3 Å². The highest BCUT2D eigenvalue weighted by Crippen LogP contribution is 2.21. The van der Waals surface area contributed by atoms with E-state index in [1.165, 1.54) is 11.8 Å². The quantitative estimate of drug-likeness (QED) is 0.487. The fourth-order valence-corrected chi connectivity index (χ4v) is 2.72. The highest BCUT2D eigenvalue weighted by atomic mass is 35.5. The first-order chi connectivity index (χ1) is 13.2. The predicted molar refractivity (Wildman–Crippen MR) is 108 cm³/mol. The van der Waals surface area contributed by atoms with Crippen LogP contribution in [0.2, 0.25) is 5.02 Å². The molecule has 1 amide bonds. The molecule has 27 heavy (non-hydrogen) atoms. The molecule has 3 aromatic carbocycles. The summed E-state index contributed by atoms with van der Waals surface area (Å²) < 4.78 is 5.69. The molecule has 0 bridgehead atoms. The molecule has 4 nitrogen and oxygen atoms in total. The van der Waals surface area contributed by atoms with Gasteiger partial charge in [-0.2, -0.15) is 5.10 Å². The van der Waals surface area contributed by atoms with Crippen LogP contribution in [0.1, 0.15) is 16.7 Å². The number of nitrogens with zero attached hydrogens (tertiary/aromatic N) is 1. The van der Waals surface area contributed by atoms with Gasteiger partial charge in [-0.15, -0.1) is 0 Å². The fourth-order valence-electron chi connectivity index (χ4n) is 2.54. The van der Waals surface area contributed by atoms with Crippen LogP contribution >= 0.6 is 11.6 Å². The average Bonchev–Trinajstić information content (AvgIpc) is 2.70. The van der Waals surface area contributed by atoms with E-state index in [4.69, 9.17) is 16.3 Å². The van der Waals surface area contributed by atoms with Crippen LogP contribution in [-0.4, -0.2) is 18.7 Å². The molecule has 0 spiro atoms. The zero-order chi connectivity index (χ0) is 18.9. The summed E-state index contributed by atoms with van der Waals surface area (Å²) in [5.74, 6) is 0.347. The summed E-state index contributed by atoms with van der Waals surface area (Å²) in [7, 11) is 0. The van der Waals surface area contributed by atoms with Crippen molar-refractivity contribution in [1.82, 2.24) is 5.43 Å². The minimum Gasteiger partial charge on any atom is -0.483 e. The number of hydrogen-bond donors (Lipinski definition) is 1. The van der Waals surface area contributed by atoms with Crippen LogP contribution in [0.4, 0.5) is 0 Å². The van der Waals surface area contributed by atoms with E-state index < -0.39 is 0 Å². The first-order valence-corrected chi connectivity index (χ1v) is 8.91. The first-order valence-electron chi connectivity index (χ1n) is 8.53. The maximum absolute atomic E-state index is 12.0. The summed E-state index contributed by atoms with van der Waals surface area (Å²) in [6.07, 6.45) is 2.24. The Hall–Kier alpha value is -3.11. The molecule has 0 aliphatic rings. The molecule has 0 fully saturated rings. The molecule has 136 valence electrons. The minimum atomic E-state index is -0.340. The van der Waals surface area contributed by atoms with Crippen molar-refractivity contribution in [2.24, 2.45) is 5.10 Å². The Morgan fingerprint density at radius 2 is 1.67 bits per heavy atom. The number of hydrogen-bond acceptors (Lipinski definition) is 3. The van der Waals surface area contributed by atoms with E-state index in [9.17, 15) is 4.79 Å². The van der Waals surface area contributed by atoms with Crippen molar-refractivity contribution >= 4 is 23.7 Å². The van der Waals surface area contributed by atoms with E-state index in [1.54, 1.807) is 6.07 Å². The number of halogens is 1. The Labute approximate surface area is 163 Å². The van der Waals surface area contributed by atoms with Gasteiger partial charge < -0.3 is 4.74 Å². The van der Waals surface area contributed by atoms with Crippen molar-refractivity contribution in [2.75, 3.05) is 6.61 Å². The maximum Gasteiger partial charge on any atom is 0.277 e. The van der Waals surface area contributed by atoms with Gasteiger partial charge >= 0.3 is 0 Å². The molecule has 0 aliphatic carbocycles. The predicted octanol–water partition coefficient (Wildman–Crippen LogP) is 4.46. The van der Waals surface area contributed by atoms with Gasteiger partial charge in [-0.05, 0) is 23.3 Å². The van der Waals surface area contributed by atoms with Crippen LogP contribution in [0.5, 0.6) is 5.75 Å². The molecule has 0 saturated carbocycles. The van der Waals surface area contributed by atoms with Crippen LogP contribution in [-0.2, 0) is 11.2 Å². The van der Waals surface area contributed by atoms with Crippen LogP contribution in [0.3, 0.4) is 0 Å². The summed E-state index contributed by atoms with van der Waals surface area (Å²) in [6, 6.07) is 25.1. The number of benzene rings is 3. The van der Waals surface area contributed by atoms with Gasteiger partial charge in [0.1, 0.15) is 5.75 Å². The van der Waals surface area contributed by atoms with Crippen molar-refractivity contribution in [2.45, 2.75) is 6.42 Å². The van der Waals surface area contributed by atoms with Gasteiger partial charge in [0.25, 0.3) is 5.91 Å². The average molecular weight is 379 g/mol. The van der Waals surface area contributed by atoms with Crippen molar-refractivity contribution in [3.8, 4) is 5.75 Å². The number of carbonyl (C=O) groups excluding carboxylic acids is 1. The largest absolute Gasteiger partial charge is 0.483 e. The molecule has 1 N–H and O–H groups in total. The Morgan fingerprint density at radius 1 is 0.963 bits per heavy atom. The third-order valence-corrected chi connectivity index (χ3v) is 4.21. The molecule has 5 heteroatoms. The normalized spacial score (nSPS) is 10.7. The van der Waals surface area contributed by atoms with Gasteiger partial charge in [0.05, 0.1) is 6.21 Å². The van der Waals surface area contributed by atoms with E-state index in [1.807, 2.05) is 60.7 Å². The van der Waals surface area contributed by atoms with Gasteiger partial charge in [0, 0.05) is 17.0 Å². The summed E-state index contributed by atoms with van der Waals surface area (Å²) in [6.45, 7) is -0.119. The monoisotopic (exact) mass is 378 g/mol. The number of amides is 1. The van der Waals surface area contributed by atoms with Gasteiger partial charge in [0.15, 0.2) is 6.61 Å². The number of carbonyl (C=O) groups is 1. The molecule has 0 aliphatic heterocycles. The smallest absolute Gasteiger partial charge is 0.277 e. The second-order valence-corrected chi connectivity index (χ2v) is 6.28. The molecule has 3 aromatic rings. The second kappa shape index (κ2) is 9.55. The molecule has 0 unspecified atom stereocenters. The van der Waals surface area contributed by atoms with Crippen LogP contribution in [0.15, 0.2) is 84.0 Å². The standard InChI is InChI=1S/C22H19ClN2O2/c23-20-12-6-4-11-19(20)15-24-25-22(26)16-27-21-13-7-5-10-18(21)14-17-8-2-1-3-9-17/h1-13,15H,14,16H2,(H,25,26)/b24-15-. The Kier molecular flexibility index (Phi) is 6.61. The van der Waals surface area contributed by atoms with Crippen molar-refractivity contribution in [1.29, 1.82) is 0 Å². The zero-order valence-corrected chi connectivity index (χ0v) is 15.4. The van der Waals surface area contributed by atoms with Crippen LogP contribution < -0.4 is 10.2 Å². The summed E-state index contributed by atoms with van der Waals surface area (Å²) in [5, 5.41) is 4.49. The molecule has 0 saturated heterocycles. The molecule has 0 heterocycles. The highest BCUT2D eigenvalue weighted by molar-refractivity contribution is 6.33. The van der Waals surface area contributed by atoms with Crippen molar-refractivity contribution in [3.05, 3.63) is 101 Å². The van der Waals surface area contributed by atoms with E-state index in [0.717, 1.165) is 17.5 Å². The number of hydrazone groups is 1. The SMILES string of the molecule is O=C(COc1ccccc1Cc1ccccc1)N/N=C\c1ccccc1Cl. The molecule has 3 rings (SSSR count). The van der Waals surface area contributed by atoms with E-state index in [0.29, 0.717) is 10.8 Å². The minimum absolute atomic E-state index is 0.119.